The van der Waals surface area contributed by atoms with E-state index in [2.05, 4.69) is 10.5 Å². The Morgan fingerprint density at radius 2 is 2.20 bits per heavy atom. The van der Waals surface area contributed by atoms with E-state index < -0.39 is 0 Å². The van der Waals surface area contributed by atoms with Crippen LogP contribution in [0.5, 0.6) is 5.75 Å². The second kappa shape index (κ2) is 6.04. The zero-order valence-electron chi connectivity index (χ0n) is 10.7. The number of halogens is 2. The van der Waals surface area contributed by atoms with E-state index in [4.69, 9.17) is 32.5 Å². The molecule has 20 heavy (non-hydrogen) atoms. The van der Waals surface area contributed by atoms with Crippen LogP contribution in [-0.4, -0.2) is 11.2 Å². The van der Waals surface area contributed by atoms with Crippen LogP contribution in [0.4, 0.5) is 0 Å². The average molecular weight is 313 g/mol. The first-order chi connectivity index (χ1) is 9.72. The van der Waals surface area contributed by atoms with Gasteiger partial charge in [0.2, 0.25) is 0 Å². The van der Waals surface area contributed by atoms with Gasteiger partial charge in [0.1, 0.15) is 12.4 Å². The summed E-state index contributed by atoms with van der Waals surface area (Å²) in [5.41, 5.74) is 0.953. The molecule has 0 aliphatic heterocycles. The van der Waals surface area contributed by atoms with Crippen molar-refractivity contribution in [3.8, 4) is 5.75 Å². The van der Waals surface area contributed by atoms with Gasteiger partial charge in [0, 0.05) is 29.2 Å². The number of hydrogen-bond acceptors (Lipinski definition) is 4. The van der Waals surface area contributed by atoms with Gasteiger partial charge in [0.15, 0.2) is 5.76 Å². The van der Waals surface area contributed by atoms with Crippen LogP contribution in [0.1, 0.15) is 24.2 Å². The molecule has 4 nitrogen and oxygen atoms in total. The molecule has 1 aromatic heterocycles. The van der Waals surface area contributed by atoms with E-state index in [9.17, 15) is 0 Å². The summed E-state index contributed by atoms with van der Waals surface area (Å²) in [7, 11) is 0. The predicted molar refractivity (Wildman–Crippen MR) is 77.2 cm³/mol. The first-order valence-electron chi connectivity index (χ1n) is 6.46. The Labute approximate surface area is 127 Å². The monoisotopic (exact) mass is 312 g/mol. The Hall–Kier alpha value is -1.23. The summed E-state index contributed by atoms with van der Waals surface area (Å²) in [6.45, 7) is 0.981. The molecule has 1 aliphatic rings. The summed E-state index contributed by atoms with van der Waals surface area (Å²) in [5.74, 6) is 1.29. The van der Waals surface area contributed by atoms with Crippen LogP contribution in [0, 0.1) is 0 Å². The van der Waals surface area contributed by atoms with Crippen LogP contribution < -0.4 is 10.1 Å². The van der Waals surface area contributed by atoms with Gasteiger partial charge in [0.25, 0.3) is 0 Å². The van der Waals surface area contributed by atoms with Crippen LogP contribution in [0.3, 0.4) is 0 Å². The highest BCUT2D eigenvalue weighted by Gasteiger charge is 2.21. The lowest BCUT2D eigenvalue weighted by Crippen LogP contribution is -2.16. The lowest BCUT2D eigenvalue weighted by atomic mass is 10.2. The van der Waals surface area contributed by atoms with Crippen LogP contribution in [-0.2, 0) is 13.2 Å². The molecule has 1 aliphatic carbocycles. The number of ether oxygens (including phenoxy) is 1. The number of nitrogens with one attached hydrogen (secondary N) is 1. The first kappa shape index (κ1) is 13.7. The van der Waals surface area contributed by atoms with E-state index in [1.54, 1.807) is 18.3 Å². The molecule has 0 amide bonds. The second-order valence-electron chi connectivity index (χ2n) is 4.80. The molecule has 1 fully saturated rings. The minimum Gasteiger partial charge on any atom is -0.484 e. The van der Waals surface area contributed by atoms with Crippen molar-refractivity contribution in [2.24, 2.45) is 0 Å². The summed E-state index contributed by atoms with van der Waals surface area (Å²) in [6, 6.07) is 5.92. The van der Waals surface area contributed by atoms with Gasteiger partial charge >= 0.3 is 0 Å². The first-order valence-corrected chi connectivity index (χ1v) is 7.21. The van der Waals surface area contributed by atoms with Crippen molar-refractivity contribution in [2.75, 3.05) is 0 Å². The Morgan fingerprint density at radius 3 is 2.90 bits per heavy atom. The Bertz CT molecular complexity index is 583. The molecule has 1 aromatic carbocycles. The second-order valence-corrected chi connectivity index (χ2v) is 5.64. The smallest absolute Gasteiger partial charge is 0.174 e. The average Bonchev–Trinajstić information content (AvgIpc) is 3.10. The highest BCUT2D eigenvalue weighted by molar-refractivity contribution is 6.35. The van der Waals surface area contributed by atoms with E-state index in [-0.39, 0.29) is 6.61 Å². The zero-order chi connectivity index (χ0) is 13.9. The quantitative estimate of drug-likeness (QED) is 0.881. The van der Waals surface area contributed by atoms with Crippen LogP contribution in [0.15, 0.2) is 28.9 Å². The van der Waals surface area contributed by atoms with Crippen molar-refractivity contribution in [2.45, 2.75) is 32.0 Å². The van der Waals surface area contributed by atoms with E-state index >= 15 is 0 Å². The molecule has 0 spiro atoms. The van der Waals surface area contributed by atoms with Gasteiger partial charge in [-0.2, -0.15) is 0 Å². The summed E-state index contributed by atoms with van der Waals surface area (Å²) in [5, 5.41) is 8.18. The van der Waals surface area contributed by atoms with Gasteiger partial charge in [-0.3, -0.25) is 0 Å². The van der Waals surface area contributed by atoms with Gasteiger partial charge in [-0.1, -0.05) is 28.4 Å². The van der Waals surface area contributed by atoms with Crippen molar-refractivity contribution in [1.82, 2.24) is 10.5 Å². The SMILES string of the molecule is Clc1cc(Cl)c(OCc2ccno2)c(CNC2CC2)c1. The molecular weight excluding hydrogens is 299 g/mol. The van der Waals surface area contributed by atoms with Gasteiger partial charge in [-0.25, -0.2) is 0 Å². The highest BCUT2D eigenvalue weighted by Crippen LogP contribution is 2.33. The Morgan fingerprint density at radius 1 is 1.35 bits per heavy atom. The van der Waals surface area contributed by atoms with Gasteiger partial charge in [-0.05, 0) is 25.0 Å². The molecule has 1 N–H and O–H groups in total. The van der Waals surface area contributed by atoms with Crippen LogP contribution >= 0.6 is 23.2 Å². The van der Waals surface area contributed by atoms with E-state index in [1.165, 1.54) is 12.8 Å². The lowest BCUT2D eigenvalue weighted by Gasteiger charge is -2.13. The van der Waals surface area contributed by atoms with Crippen LogP contribution in [0.25, 0.3) is 0 Å². The molecule has 1 saturated carbocycles. The molecule has 6 heteroatoms. The largest absolute Gasteiger partial charge is 0.484 e. The molecule has 0 radical (unpaired) electrons. The molecule has 0 unspecified atom stereocenters. The topological polar surface area (TPSA) is 47.3 Å². The highest BCUT2D eigenvalue weighted by atomic mass is 35.5. The maximum absolute atomic E-state index is 6.22. The van der Waals surface area contributed by atoms with Crippen molar-refractivity contribution in [3.63, 3.8) is 0 Å². The molecule has 2 aromatic rings. The standard InChI is InChI=1S/C14H14Cl2N2O2/c15-10-5-9(7-17-11-1-2-11)14(13(16)6-10)19-8-12-3-4-18-20-12/h3-6,11,17H,1-2,7-8H2. The fourth-order valence-corrected chi connectivity index (χ4v) is 2.50. The lowest BCUT2D eigenvalue weighted by molar-refractivity contribution is 0.247. The minimum atomic E-state index is 0.289. The summed E-state index contributed by atoms with van der Waals surface area (Å²) in [6.07, 6.45) is 4.03. The normalized spacial score (nSPS) is 14.5. The van der Waals surface area contributed by atoms with Crippen molar-refractivity contribution < 1.29 is 9.26 Å². The van der Waals surface area contributed by atoms with Crippen molar-refractivity contribution >= 4 is 23.2 Å². The molecule has 3 rings (SSSR count). The summed E-state index contributed by atoms with van der Waals surface area (Å²) < 4.78 is 10.8. The Balaban J connectivity index is 1.75. The van der Waals surface area contributed by atoms with Gasteiger partial charge in [0.05, 0.1) is 11.2 Å². The van der Waals surface area contributed by atoms with Crippen molar-refractivity contribution in [1.29, 1.82) is 0 Å². The maximum atomic E-state index is 6.22. The zero-order valence-corrected chi connectivity index (χ0v) is 12.2. The Kier molecular flexibility index (Phi) is 4.15. The molecule has 1 heterocycles. The fourth-order valence-electron chi connectivity index (χ4n) is 1.91. The minimum absolute atomic E-state index is 0.289. The summed E-state index contributed by atoms with van der Waals surface area (Å²) >= 11 is 12.3. The number of rotatable bonds is 6. The maximum Gasteiger partial charge on any atom is 0.174 e. The molecule has 106 valence electrons. The van der Waals surface area contributed by atoms with E-state index in [1.807, 2.05) is 6.07 Å². The van der Waals surface area contributed by atoms with Gasteiger partial charge < -0.3 is 14.6 Å². The molecule has 0 atom stereocenters. The third-order valence-electron chi connectivity index (χ3n) is 3.09. The number of benzene rings is 1. The number of aromatic nitrogens is 1. The number of hydrogen-bond donors (Lipinski definition) is 1. The fraction of sp³-hybridized carbons (Fsp3) is 0.357. The summed E-state index contributed by atoms with van der Waals surface area (Å²) in [4.78, 5) is 0. The van der Waals surface area contributed by atoms with Crippen LogP contribution in [0.2, 0.25) is 10.0 Å². The molecule has 0 bridgehead atoms. The van der Waals surface area contributed by atoms with E-state index in [0.717, 1.165) is 5.56 Å². The van der Waals surface area contributed by atoms with Crippen molar-refractivity contribution in [3.05, 3.63) is 45.8 Å². The number of nitrogens with zero attached hydrogens (tertiary/aromatic N) is 1. The van der Waals surface area contributed by atoms with E-state index in [0.29, 0.717) is 34.1 Å². The molecular formula is C14H14Cl2N2O2. The van der Waals surface area contributed by atoms with Gasteiger partial charge in [-0.15, -0.1) is 0 Å². The third kappa shape index (κ3) is 3.45. The molecule has 0 saturated heterocycles. The third-order valence-corrected chi connectivity index (χ3v) is 3.59. The predicted octanol–water partition coefficient (Wildman–Crippen LogP) is 3.81.